The summed E-state index contributed by atoms with van der Waals surface area (Å²) >= 11 is 0. The van der Waals surface area contributed by atoms with E-state index in [0.717, 1.165) is 18.9 Å². The number of carbonyl (C=O) groups excluding carboxylic acids is 1. The molecule has 1 fully saturated rings. The van der Waals surface area contributed by atoms with Gasteiger partial charge in [0, 0.05) is 26.1 Å². The molecule has 0 radical (unpaired) electrons. The van der Waals surface area contributed by atoms with E-state index < -0.39 is 16.4 Å². The zero-order valence-electron chi connectivity index (χ0n) is 11.1. The van der Waals surface area contributed by atoms with Gasteiger partial charge in [-0.05, 0) is 25.0 Å². The van der Waals surface area contributed by atoms with Crippen LogP contribution in [0.4, 0.5) is 15.8 Å². The molecule has 1 aliphatic heterocycles. The average Bonchev–Trinajstić information content (AvgIpc) is 2.37. The standard InChI is InChI=1S/C13H16FN3O3/c1-9(18)15-10-4-3-7-16(8-10)12-6-2-5-11(14)13(12)17(19)20/h2,5-6,10H,3-4,7-8H2,1H3,(H,15,18)/t10-/m0/s1. The first-order valence-corrected chi connectivity index (χ1v) is 6.44. The molecule has 0 unspecified atom stereocenters. The summed E-state index contributed by atoms with van der Waals surface area (Å²) in [6, 6.07) is 4.01. The molecule has 0 aliphatic carbocycles. The van der Waals surface area contributed by atoms with Gasteiger partial charge in [-0.25, -0.2) is 0 Å². The van der Waals surface area contributed by atoms with Crippen molar-refractivity contribution < 1.29 is 14.1 Å². The van der Waals surface area contributed by atoms with E-state index in [-0.39, 0.29) is 17.6 Å². The van der Waals surface area contributed by atoms with E-state index in [1.54, 1.807) is 4.90 Å². The predicted octanol–water partition coefficient (Wildman–Crippen LogP) is 1.84. The normalized spacial score (nSPS) is 18.7. The van der Waals surface area contributed by atoms with Gasteiger partial charge in [0.05, 0.1) is 4.92 Å². The van der Waals surface area contributed by atoms with Crippen LogP contribution in [0.15, 0.2) is 18.2 Å². The maximum atomic E-state index is 13.6. The third-order valence-electron chi connectivity index (χ3n) is 3.32. The predicted molar refractivity (Wildman–Crippen MR) is 72.1 cm³/mol. The monoisotopic (exact) mass is 281 g/mol. The van der Waals surface area contributed by atoms with E-state index in [0.29, 0.717) is 13.1 Å². The Kier molecular flexibility index (Phi) is 4.16. The minimum absolute atomic E-state index is 0.0656. The molecule has 0 saturated carbocycles. The van der Waals surface area contributed by atoms with Crippen LogP contribution in [-0.4, -0.2) is 30.0 Å². The fraction of sp³-hybridized carbons (Fsp3) is 0.462. The van der Waals surface area contributed by atoms with Gasteiger partial charge in [-0.15, -0.1) is 0 Å². The van der Waals surface area contributed by atoms with Gasteiger partial charge in [0.1, 0.15) is 5.69 Å². The number of anilines is 1. The number of benzene rings is 1. The van der Waals surface area contributed by atoms with Crippen LogP contribution in [0.5, 0.6) is 0 Å². The lowest BCUT2D eigenvalue weighted by molar-refractivity contribution is -0.386. The summed E-state index contributed by atoms with van der Waals surface area (Å²) in [5, 5.41) is 13.8. The molecule has 1 aromatic carbocycles. The number of halogens is 1. The van der Waals surface area contributed by atoms with Crippen LogP contribution >= 0.6 is 0 Å². The molecule has 1 amide bonds. The number of nitrogens with zero attached hydrogens (tertiary/aromatic N) is 2. The molecular weight excluding hydrogens is 265 g/mol. The summed E-state index contributed by atoms with van der Waals surface area (Å²) in [7, 11) is 0. The Bertz CT molecular complexity index is 536. The van der Waals surface area contributed by atoms with Gasteiger partial charge in [-0.2, -0.15) is 4.39 Å². The summed E-state index contributed by atoms with van der Waals surface area (Å²) in [6.45, 7) is 2.49. The molecular formula is C13H16FN3O3. The van der Waals surface area contributed by atoms with Crippen LogP contribution < -0.4 is 10.2 Å². The number of nitro benzene ring substituents is 1. The van der Waals surface area contributed by atoms with Gasteiger partial charge in [-0.1, -0.05) is 6.07 Å². The lowest BCUT2D eigenvalue weighted by Gasteiger charge is -2.34. The lowest BCUT2D eigenvalue weighted by Crippen LogP contribution is -2.47. The second-order valence-corrected chi connectivity index (χ2v) is 4.85. The topological polar surface area (TPSA) is 75.5 Å². The highest BCUT2D eigenvalue weighted by Crippen LogP contribution is 2.32. The molecule has 1 N–H and O–H groups in total. The molecule has 20 heavy (non-hydrogen) atoms. The van der Waals surface area contributed by atoms with E-state index in [4.69, 9.17) is 0 Å². The highest BCUT2D eigenvalue weighted by atomic mass is 19.1. The van der Waals surface area contributed by atoms with Gasteiger partial charge >= 0.3 is 5.69 Å². The van der Waals surface area contributed by atoms with Crippen molar-refractivity contribution in [1.29, 1.82) is 0 Å². The number of amides is 1. The molecule has 0 spiro atoms. The lowest BCUT2D eigenvalue weighted by atomic mass is 10.0. The van der Waals surface area contributed by atoms with Crippen molar-refractivity contribution in [2.24, 2.45) is 0 Å². The van der Waals surface area contributed by atoms with Crippen LogP contribution in [0, 0.1) is 15.9 Å². The quantitative estimate of drug-likeness (QED) is 0.677. The number of hydrogen-bond acceptors (Lipinski definition) is 4. The summed E-state index contributed by atoms with van der Waals surface area (Å²) in [4.78, 5) is 23.2. The van der Waals surface area contributed by atoms with Crippen molar-refractivity contribution in [2.45, 2.75) is 25.8 Å². The van der Waals surface area contributed by atoms with Crippen LogP contribution in [0.1, 0.15) is 19.8 Å². The van der Waals surface area contributed by atoms with E-state index in [1.807, 2.05) is 0 Å². The number of rotatable bonds is 3. The molecule has 108 valence electrons. The van der Waals surface area contributed by atoms with Crippen LogP contribution in [0.3, 0.4) is 0 Å². The smallest absolute Gasteiger partial charge is 0.327 e. The Morgan fingerprint density at radius 2 is 2.30 bits per heavy atom. The molecule has 0 aromatic heterocycles. The number of carbonyl (C=O) groups is 1. The Morgan fingerprint density at radius 3 is 2.95 bits per heavy atom. The minimum Gasteiger partial charge on any atom is -0.364 e. The van der Waals surface area contributed by atoms with E-state index in [9.17, 15) is 19.3 Å². The van der Waals surface area contributed by atoms with Gasteiger partial charge < -0.3 is 10.2 Å². The van der Waals surface area contributed by atoms with E-state index in [1.165, 1.54) is 19.1 Å². The molecule has 1 saturated heterocycles. The highest BCUT2D eigenvalue weighted by Gasteiger charge is 2.28. The molecule has 1 aromatic rings. The zero-order valence-corrected chi connectivity index (χ0v) is 11.1. The maximum absolute atomic E-state index is 13.6. The fourth-order valence-corrected chi connectivity index (χ4v) is 2.54. The summed E-state index contributed by atoms with van der Waals surface area (Å²) < 4.78 is 13.6. The van der Waals surface area contributed by atoms with Gasteiger partial charge in [-0.3, -0.25) is 14.9 Å². The first-order chi connectivity index (χ1) is 9.49. The van der Waals surface area contributed by atoms with Crippen molar-refractivity contribution in [3.63, 3.8) is 0 Å². The van der Waals surface area contributed by atoms with Gasteiger partial charge in [0.2, 0.25) is 11.7 Å². The third-order valence-corrected chi connectivity index (χ3v) is 3.32. The minimum atomic E-state index is -0.839. The van der Waals surface area contributed by atoms with Crippen molar-refractivity contribution >= 4 is 17.3 Å². The molecule has 0 bridgehead atoms. The summed E-state index contributed by atoms with van der Waals surface area (Å²) in [5.41, 5.74) is -0.235. The summed E-state index contributed by atoms with van der Waals surface area (Å²) in [6.07, 6.45) is 1.61. The Balaban J connectivity index is 2.25. The first-order valence-electron chi connectivity index (χ1n) is 6.44. The van der Waals surface area contributed by atoms with Crippen LogP contribution in [0.2, 0.25) is 0 Å². The SMILES string of the molecule is CC(=O)N[C@H]1CCCN(c2cccc(F)c2[N+](=O)[O-])C1. The fourth-order valence-electron chi connectivity index (χ4n) is 2.54. The third kappa shape index (κ3) is 3.04. The zero-order chi connectivity index (χ0) is 14.7. The van der Waals surface area contributed by atoms with Crippen LogP contribution in [0.25, 0.3) is 0 Å². The molecule has 1 atom stereocenters. The second kappa shape index (κ2) is 5.85. The Hall–Kier alpha value is -2.18. The molecule has 7 heteroatoms. The van der Waals surface area contributed by atoms with Gasteiger partial charge in [0.15, 0.2) is 0 Å². The molecule has 1 heterocycles. The van der Waals surface area contributed by atoms with Gasteiger partial charge in [0.25, 0.3) is 0 Å². The average molecular weight is 281 g/mol. The largest absolute Gasteiger partial charge is 0.364 e. The highest BCUT2D eigenvalue weighted by molar-refractivity contribution is 5.73. The molecule has 1 aliphatic rings. The van der Waals surface area contributed by atoms with E-state index >= 15 is 0 Å². The van der Waals surface area contributed by atoms with Crippen molar-refractivity contribution in [3.8, 4) is 0 Å². The number of piperidine rings is 1. The van der Waals surface area contributed by atoms with Crippen molar-refractivity contribution in [3.05, 3.63) is 34.1 Å². The molecule has 6 nitrogen and oxygen atoms in total. The van der Waals surface area contributed by atoms with E-state index in [2.05, 4.69) is 5.32 Å². The summed E-state index contributed by atoms with van der Waals surface area (Å²) in [5.74, 6) is -0.972. The first kappa shape index (κ1) is 14.2. The molecule has 2 rings (SSSR count). The number of hydrogen-bond donors (Lipinski definition) is 1. The Morgan fingerprint density at radius 1 is 1.55 bits per heavy atom. The maximum Gasteiger partial charge on any atom is 0.327 e. The number of nitro groups is 1. The Labute approximate surface area is 115 Å². The van der Waals surface area contributed by atoms with Crippen LogP contribution in [-0.2, 0) is 4.79 Å². The van der Waals surface area contributed by atoms with Crippen molar-refractivity contribution in [2.75, 3.05) is 18.0 Å². The van der Waals surface area contributed by atoms with Crippen molar-refractivity contribution in [1.82, 2.24) is 5.32 Å². The number of nitrogens with one attached hydrogen (secondary N) is 1. The number of para-hydroxylation sites is 1. The second-order valence-electron chi connectivity index (χ2n) is 4.85.